The molecule has 0 bridgehead atoms. The number of nitrogens with one attached hydrogen (secondary N) is 1. The molecule has 14 heteroatoms. The third-order valence-electron chi connectivity index (χ3n) is 6.33. The Kier molecular flexibility index (Phi) is 5.38. The van der Waals surface area contributed by atoms with Crippen LogP contribution in [0.2, 0.25) is 0 Å². The lowest BCUT2D eigenvalue weighted by molar-refractivity contribution is -0.973. The summed E-state index contributed by atoms with van der Waals surface area (Å²) in [6, 6.07) is 14.8. The van der Waals surface area contributed by atoms with E-state index >= 15 is 0 Å². The minimum Gasteiger partial charge on any atom is -0.461 e. The molecule has 198 valence electrons. The molecule has 1 aromatic carbocycles. The number of para-hydroxylation sites is 1. The van der Waals surface area contributed by atoms with Crippen molar-refractivity contribution in [2.75, 3.05) is 6.54 Å². The molecule has 3 aromatic rings. The van der Waals surface area contributed by atoms with Gasteiger partial charge in [-0.3, -0.25) is 4.84 Å². The van der Waals surface area contributed by atoms with Gasteiger partial charge in [0.1, 0.15) is 0 Å². The van der Waals surface area contributed by atoms with Crippen molar-refractivity contribution in [3.8, 4) is 5.75 Å². The number of fused-ring (bicyclic) bond motifs is 2. The summed E-state index contributed by atoms with van der Waals surface area (Å²) in [5.74, 6) is 4.15. The first-order chi connectivity index (χ1) is 19.5. The average molecular weight is 538 g/mol. The van der Waals surface area contributed by atoms with E-state index in [9.17, 15) is 0 Å². The minimum atomic E-state index is -0.453. The van der Waals surface area contributed by atoms with Crippen LogP contribution in [-0.4, -0.2) is 52.0 Å². The van der Waals surface area contributed by atoms with Gasteiger partial charge in [0.05, 0.1) is 36.0 Å². The lowest BCUT2D eigenvalue weighted by atomic mass is 10.1. The molecular formula is C26H23N11O3+2. The number of benzene rings is 1. The number of amidine groups is 4. The Labute approximate surface area is 227 Å². The number of nitrogens with two attached hydrogens (primary N) is 2. The fraction of sp³-hybridized carbons (Fsp3) is 0.0769. The van der Waals surface area contributed by atoms with Gasteiger partial charge in [0, 0.05) is 5.56 Å². The zero-order chi connectivity index (χ0) is 27.2. The molecule has 7 rings (SSSR count). The van der Waals surface area contributed by atoms with Crippen LogP contribution in [0.1, 0.15) is 17.1 Å². The second-order valence-corrected chi connectivity index (χ2v) is 9.03. The maximum Gasteiger partial charge on any atom is 0.310 e. The van der Waals surface area contributed by atoms with Gasteiger partial charge in [0.2, 0.25) is 18.0 Å². The molecule has 2 aromatic heterocycles. The number of hydrogen-bond acceptors (Lipinski definition) is 12. The summed E-state index contributed by atoms with van der Waals surface area (Å²) < 4.78 is 10.2. The Hall–Kier alpha value is -5.44. The monoisotopic (exact) mass is 537 g/mol. The molecule has 0 spiro atoms. The number of nitrogens with zero attached hydrogens (tertiary/aromatic N) is 8. The quantitative estimate of drug-likeness (QED) is 0.371. The predicted octanol–water partition coefficient (Wildman–Crippen LogP) is 2.08. The highest BCUT2D eigenvalue weighted by Crippen LogP contribution is 2.32. The third-order valence-corrected chi connectivity index (χ3v) is 6.33. The predicted molar refractivity (Wildman–Crippen MR) is 146 cm³/mol. The smallest absolute Gasteiger partial charge is 0.310 e. The van der Waals surface area contributed by atoms with E-state index < -0.39 is 4.76 Å². The number of aliphatic imine (C=N–C) groups is 4. The van der Waals surface area contributed by atoms with Gasteiger partial charge in [0.25, 0.3) is 12.2 Å². The maximum absolute atomic E-state index is 6.40. The average Bonchev–Trinajstić information content (AvgIpc) is 3.74. The molecule has 0 amide bonds. The molecule has 0 saturated carbocycles. The summed E-state index contributed by atoms with van der Waals surface area (Å²) in [6.07, 6.45) is 10.2. The molecule has 0 fully saturated rings. The van der Waals surface area contributed by atoms with Gasteiger partial charge in [-0.15, -0.1) is 5.43 Å². The topological polar surface area (TPSA) is 174 Å². The summed E-state index contributed by atoms with van der Waals surface area (Å²) in [5, 5.41) is 8.97. The molecule has 4 aliphatic heterocycles. The minimum absolute atomic E-state index is 0.163. The van der Waals surface area contributed by atoms with Crippen LogP contribution in [-0.2, 0) is 6.42 Å². The molecule has 0 saturated heterocycles. The van der Waals surface area contributed by atoms with Gasteiger partial charge >= 0.3 is 5.82 Å². The van der Waals surface area contributed by atoms with E-state index in [1.807, 2.05) is 24.3 Å². The van der Waals surface area contributed by atoms with Crippen molar-refractivity contribution >= 4 is 36.0 Å². The fourth-order valence-electron chi connectivity index (χ4n) is 4.50. The first kappa shape index (κ1) is 23.7. The summed E-state index contributed by atoms with van der Waals surface area (Å²) in [7, 11) is 0. The van der Waals surface area contributed by atoms with Crippen LogP contribution in [0.15, 0.2) is 124 Å². The molecule has 2 unspecified atom stereocenters. The Bertz CT molecular complexity index is 1730. The van der Waals surface area contributed by atoms with Gasteiger partial charge < -0.3 is 20.3 Å². The standard InChI is InChI=1S/C26H23N11O3/c27-21-13-23-32-25(19-7-3-11-38-19)29-15-36(23,34-21)31-10-9-17-5-1-2-6-18(17)40-37-16-30-26(20-8-4-12-39-20)33-24(37)14-22(28)35-37/h1-8,11-16,31H,9-10H2,(H2,27,34)(H2,28,35)/q+2. The molecule has 6 heterocycles. The molecule has 5 N–H and O–H groups in total. The molecule has 0 aliphatic carbocycles. The molecule has 2 atom stereocenters. The van der Waals surface area contributed by atoms with Crippen LogP contribution in [0.25, 0.3) is 0 Å². The van der Waals surface area contributed by atoms with Crippen LogP contribution in [0, 0.1) is 0 Å². The van der Waals surface area contributed by atoms with Crippen molar-refractivity contribution in [3.05, 3.63) is 102 Å². The lowest BCUT2D eigenvalue weighted by Gasteiger charge is -2.26. The van der Waals surface area contributed by atoms with Gasteiger partial charge in [-0.2, -0.15) is 20.0 Å². The second kappa shape index (κ2) is 9.09. The van der Waals surface area contributed by atoms with Crippen molar-refractivity contribution in [2.24, 2.45) is 41.6 Å². The summed E-state index contributed by atoms with van der Waals surface area (Å²) in [6.45, 7) is 0.481. The van der Waals surface area contributed by atoms with Crippen LogP contribution in [0.4, 0.5) is 0 Å². The summed E-state index contributed by atoms with van der Waals surface area (Å²) >= 11 is 0. The van der Waals surface area contributed by atoms with Gasteiger partial charge in [-0.1, -0.05) is 18.2 Å². The highest BCUT2D eigenvalue weighted by Gasteiger charge is 2.46. The number of hydrogen-bond donors (Lipinski definition) is 3. The van der Waals surface area contributed by atoms with E-state index in [2.05, 4.69) is 35.6 Å². The van der Waals surface area contributed by atoms with Crippen molar-refractivity contribution in [1.82, 2.24) is 5.43 Å². The first-order valence-corrected chi connectivity index (χ1v) is 12.3. The third kappa shape index (κ3) is 4.04. The fourth-order valence-corrected chi connectivity index (χ4v) is 4.50. The van der Waals surface area contributed by atoms with E-state index in [-0.39, 0.29) is 10.5 Å². The Morgan fingerprint density at radius 1 is 0.775 bits per heavy atom. The highest BCUT2D eigenvalue weighted by atomic mass is 16.8. The number of furan rings is 2. The largest absolute Gasteiger partial charge is 0.461 e. The Morgan fingerprint density at radius 3 is 2.20 bits per heavy atom. The van der Waals surface area contributed by atoms with E-state index in [0.717, 1.165) is 5.56 Å². The van der Waals surface area contributed by atoms with E-state index in [1.54, 1.807) is 55.3 Å². The van der Waals surface area contributed by atoms with Crippen molar-refractivity contribution in [2.45, 2.75) is 6.42 Å². The SMILES string of the molecule is NC1=N[N+]2(NCCc3ccccc3O[N+]34C=NC(c5ccco5)=NC3=CC(N)=N4)C=NC(c3ccco3)=NC2=C1. The van der Waals surface area contributed by atoms with Crippen molar-refractivity contribution in [3.63, 3.8) is 0 Å². The maximum atomic E-state index is 6.40. The zero-order valence-corrected chi connectivity index (χ0v) is 21.0. The molecule has 0 radical (unpaired) electrons. The van der Waals surface area contributed by atoms with Crippen LogP contribution < -0.4 is 21.7 Å². The molecule has 4 aliphatic rings. The normalized spacial score (nSPS) is 24.4. The van der Waals surface area contributed by atoms with Gasteiger partial charge in [-0.05, 0) is 51.7 Å². The van der Waals surface area contributed by atoms with Crippen molar-refractivity contribution < 1.29 is 23.1 Å². The summed E-state index contributed by atoms with van der Waals surface area (Å²) in [5.41, 5.74) is 16.4. The van der Waals surface area contributed by atoms with Gasteiger partial charge in [0.15, 0.2) is 28.9 Å². The van der Waals surface area contributed by atoms with Crippen LogP contribution in [0.5, 0.6) is 5.75 Å². The van der Waals surface area contributed by atoms with Crippen LogP contribution in [0.3, 0.4) is 0 Å². The number of rotatable bonds is 8. The van der Waals surface area contributed by atoms with Crippen LogP contribution >= 0.6 is 0 Å². The van der Waals surface area contributed by atoms with E-state index in [1.165, 1.54) is 6.34 Å². The molecule has 40 heavy (non-hydrogen) atoms. The zero-order valence-electron chi connectivity index (χ0n) is 21.0. The number of hydroxylamine groups is 2. The summed E-state index contributed by atoms with van der Waals surface area (Å²) in [4.78, 5) is 24.5. The first-order valence-electron chi connectivity index (χ1n) is 12.3. The Balaban J connectivity index is 1.09. The van der Waals surface area contributed by atoms with E-state index in [0.29, 0.717) is 59.4 Å². The number of quaternary nitrogens is 2. The van der Waals surface area contributed by atoms with E-state index in [4.69, 9.17) is 25.1 Å². The highest BCUT2D eigenvalue weighted by molar-refractivity contribution is 6.04. The lowest BCUT2D eigenvalue weighted by Crippen LogP contribution is -2.52. The Morgan fingerprint density at radius 2 is 1.45 bits per heavy atom. The van der Waals surface area contributed by atoms with Gasteiger partial charge in [-0.25, -0.2) is 0 Å². The second-order valence-electron chi connectivity index (χ2n) is 9.03. The molecule has 14 nitrogen and oxygen atoms in total. The molecular weight excluding hydrogens is 514 g/mol. The van der Waals surface area contributed by atoms with Crippen molar-refractivity contribution in [1.29, 1.82) is 0 Å².